The fourth-order valence-corrected chi connectivity index (χ4v) is 6.76. The first kappa shape index (κ1) is 49.8. The molecule has 1 unspecified atom stereocenters. The van der Waals surface area contributed by atoms with Gasteiger partial charge in [0.1, 0.15) is 13.2 Å². The number of carbonyl (C=O) groups is 2. The van der Waals surface area contributed by atoms with E-state index in [9.17, 15) is 19.0 Å². The Morgan fingerprint density at radius 2 is 0.961 bits per heavy atom. The number of phosphoric acid groups is 1. The van der Waals surface area contributed by atoms with Gasteiger partial charge in [0.25, 0.3) is 7.82 Å². The molecular formula is C41H80NO8P. The molecule has 0 aliphatic heterocycles. The molecule has 0 amide bonds. The average molecular weight is 746 g/mol. The van der Waals surface area contributed by atoms with Crippen molar-refractivity contribution in [2.75, 3.05) is 26.4 Å². The van der Waals surface area contributed by atoms with E-state index >= 15 is 0 Å². The summed E-state index contributed by atoms with van der Waals surface area (Å²) < 4.78 is 32.5. The lowest BCUT2D eigenvalue weighted by atomic mass is 10.0. The van der Waals surface area contributed by atoms with Crippen LogP contribution in [0.15, 0.2) is 12.2 Å². The van der Waals surface area contributed by atoms with E-state index in [1.807, 2.05) is 0 Å². The zero-order chi connectivity index (χ0) is 37.5. The molecule has 10 heteroatoms. The fourth-order valence-electron chi connectivity index (χ4n) is 5.99. The molecule has 0 saturated heterocycles. The smallest absolute Gasteiger partial charge is 0.306 e. The lowest BCUT2D eigenvalue weighted by molar-refractivity contribution is -0.373. The third-order valence-electron chi connectivity index (χ3n) is 9.17. The van der Waals surface area contributed by atoms with Gasteiger partial charge in [-0.1, -0.05) is 167 Å². The molecule has 0 aromatic carbocycles. The van der Waals surface area contributed by atoms with Crippen LogP contribution in [-0.2, 0) is 32.7 Å². The van der Waals surface area contributed by atoms with Crippen molar-refractivity contribution in [3.8, 4) is 0 Å². The molecule has 0 aliphatic rings. The third-order valence-corrected chi connectivity index (χ3v) is 10.1. The summed E-state index contributed by atoms with van der Waals surface area (Å²) >= 11 is 0. The van der Waals surface area contributed by atoms with Crippen molar-refractivity contribution in [2.45, 2.75) is 213 Å². The third kappa shape index (κ3) is 38.3. The molecule has 0 aromatic heterocycles. The largest absolute Gasteiger partial charge is 0.756 e. The summed E-state index contributed by atoms with van der Waals surface area (Å²) in [7, 11) is -4.58. The fraction of sp³-hybridized carbons (Fsp3) is 0.902. The van der Waals surface area contributed by atoms with Crippen LogP contribution in [0.5, 0.6) is 0 Å². The van der Waals surface area contributed by atoms with Gasteiger partial charge >= 0.3 is 11.9 Å². The number of phosphoric ester groups is 1. The molecule has 2 atom stereocenters. The maximum atomic E-state index is 12.5. The minimum Gasteiger partial charge on any atom is -0.756 e. The van der Waals surface area contributed by atoms with Crippen LogP contribution in [0, 0.1) is 0 Å². The number of hydrogen-bond donors (Lipinski definition) is 1. The molecule has 0 radical (unpaired) electrons. The van der Waals surface area contributed by atoms with Gasteiger partial charge in [-0.05, 0) is 38.5 Å². The van der Waals surface area contributed by atoms with Crippen LogP contribution in [-0.4, -0.2) is 44.4 Å². The first-order valence-corrected chi connectivity index (χ1v) is 22.7. The normalized spacial score (nSPS) is 13.4. The number of ether oxygens (including phenoxy) is 2. The molecule has 3 N–H and O–H groups in total. The second-order valence-corrected chi connectivity index (χ2v) is 15.7. The molecule has 0 rings (SSSR count). The van der Waals surface area contributed by atoms with Crippen LogP contribution in [0.25, 0.3) is 0 Å². The van der Waals surface area contributed by atoms with E-state index in [2.05, 4.69) is 31.7 Å². The van der Waals surface area contributed by atoms with Gasteiger partial charge in [0.2, 0.25) is 0 Å². The van der Waals surface area contributed by atoms with E-state index in [0.717, 1.165) is 51.4 Å². The van der Waals surface area contributed by atoms with Crippen LogP contribution in [0.3, 0.4) is 0 Å². The van der Waals surface area contributed by atoms with Crippen molar-refractivity contribution in [3.63, 3.8) is 0 Å². The Morgan fingerprint density at radius 3 is 1.39 bits per heavy atom. The highest BCUT2D eigenvalue weighted by Crippen LogP contribution is 2.38. The number of esters is 2. The molecule has 0 bridgehead atoms. The summed E-state index contributed by atoms with van der Waals surface area (Å²) in [6.45, 7) is 3.94. The average Bonchev–Trinajstić information content (AvgIpc) is 3.11. The van der Waals surface area contributed by atoms with Crippen LogP contribution >= 0.6 is 7.82 Å². The van der Waals surface area contributed by atoms with Crippen LogP contribution in [0.4, 0.5) is 0 Å². The lowest BCUT2D eigenvalue weighted by Gasteiger charge is -2.25. The summed E-state index contributed by atoms with van der Waals surface area (Å²) in [6.07, 6.45) is 38.0. The Hall–Kier alpha value is -1.25. The van der Waals surface area contributed by atoms with E-state index in [0.29, 0.717) is 6.42 Å². The summed E-state index contributed by atoms with van der Waals surface area (Å²) in [4.78, 5) is 36.9. The van der Waals surface area contributed by atoms with Gasteiger partial charge in [-0.25, -0.2) is 0 Å². The summed E-state index contributed by atoms with van der Waals surface area (Å²) in [5, 5.41) is 0. The second kappa shape index (κ2) is 38.5. The molecule has 0 aromatic rings. The lowest BCUT2D eigenvalue weighted by Crippen LogP contribution is -2.52. The maximum absolute atomic E-state index is 12.5. The number of hydrogen-bond acceptors (Lipinski definition) is 8. The number of rotatable bonds is 40. The zero-order valence-corrected chi connectivity index (χ0v) is 34.1. The van der Waals surface area contributed by atoms with Crippen LogP contribution < -0.4 is 10.6 Å². The number of carbonyl (C=O) groups excluding carboxylic acids is 2. The maximum Gasteiger partial charge on any atom is 0.306 e. The van der Waals surface area contributed by atoms with Crippen molar-refractivity contribution in [2.24, 2.45) is 0 Å². The summed E-state index contributed by atoms with van der Waals surface area (Å²) in [6, 6.07) is 0. The molecule has 0 saturated carbocycles. The second-order valence-electron chi connectivity index (χ2n) is 14.3. The minimum atomic E-state index is -4.58. The highest BCUT2D eigenvalue weighted by molar-refractivity contribution is 7.45. The Labute approximate surface area is 313 Å². The molecule has 9 nitrogen and oxygen atoms in total. The van der Waals surface area contributed by atoms with Crippen LogP contribution in [0.1, 0.15) is 206 Å². The summed E-state index contributed by atoms with van der Waals surface area (Å²) in [5.41, 5.74) is 3.55. The van der Waals surface area contributed by atoms with E-state index in [-0.39, 0.29) is 38.6 Å². The summed E-state index contributed by atoms with van der Waals surface area (Å²) in [5.74, 6) is -0.847. The van der Waals surface area contributed by atoms with Crippen molar-refractivity contribution in [1.82, 2.24) is 0 Å². The Bertz CT molecular complexity index is 856. The van der Waals surface area contributed by atoms with E-state index in [1.54, 1.807) is 0 Å². The molecular weight excluding hydrogens is 665 g/mol. The quantitative estimate of drug-likeness (QED) is 0.0283. The van der Waals surface area contributed by atoms with Gasteiger partial charge in [-0.3, -0.25) is 14.2 Å². The Kier molecular flexibility index (Phi) is 37.5. The monoisotopic (exact) mass is 746 g/mol. The van der Waals surface area contributed by atoms with Crippen molar-refractivity contribution >= 4 is 19.8 Å². The van der Waals surface area contributed by atoms with Gasteiger partial charge in [0, 0.05) is 12.8 Å². The molecule has 0 fully saturated rings. The predicted molar refractivity (Wildman–Crippen MR) is 207 cm³/mol. The highest BCUT2D eigenvalue weighted by atomic mass is 31.2. The number of quaternary nitrogens is 1. The predicted octanol–water partition coefficient (Wildman–Crippen LogP) is 10.5. The van der Waals surface area contributed by atoms with Crippen molar-refractivity contribution in [1.29, 1.82) is 0 Å². The van der Waals surface area contributed by atoms with Gasteiger partial charge in [-0.15, -0.1) is 0 Å². The number of allylic oxidation sites excluding steroid dienone is 2. The first-order chi connectivity index (χ1) is 24.8. The Balaban J connectivity index is 4.15. The minimum absolute atomic E-state index is 0.102. The molecule has 0 spiro atoms. The molecule has 51 heavy (non-hydrogen) atoms. The van der Waals surface area contributed by atoms with Gasteiger partial charge in [0.05, 0.1) is 13.2 Å². The van der Waals surface area contributed by atoms with E-state index in [1.165, 1.54) is 122 Å². The molecule has 302 valence electrons. The van der Waals surface area contributed by atoms with E-state index in [4.69, 9.17) is 18.5 Å². The number of unbranched alkanes of at least 4 members (excludes halogenated alkanes) is 25. The standard InChI is InChI=1S/C41H80NO8P/c1-3-5-7-9-11-13-15-17-19-21-23-25-27-29-31-33-40(43)47-37-39(38-49-51(45,46)48-36-35-42)50-41(44)34-32-30-28-26-24-22-20-18-16-14-12-10-8-6-4-2/h18,20,39H,3-17,19,21-38,42H2,1-2H3,(H,45,46)/b20-18+/t39-/m1/s1. The van der Waals surface area contributed by atoms with Gasteiger partial charge in [-0.2, -0.15) is 0 Å². The molecule has 0 heterocycles. The zero-order valence-electron chi connectivity index (χ0n) is 33.2. The van der Waals surface area contributed by atoms with Gasteiger partial charge in [0.15, 0.2) is 6.10 Å². The van der Waals surface area contributed by atoms with E-state index < -0.39 is 26.5 Å². The van der Waals surface area contributed by atoms with Gasteiger partial charge < -0.3 is 29.1 Å². The van der Waals surface area contributed by atoms with Crippen molar-refractivity contribution < 1.29 is 43.3 Å². The SMILES string of the molecule is CCCCCCCC/C=C/CCCCCCCC(=O)O[C@H](COC(=O)CCCCCCCCCCCCCCCCC)COP(=O)([O-])OCC[NH3+]. The van der Waals surface area contributed by atoms with Crippen molar-refractivity contribution in [3.05, 3.63) is 12.2 Å². The Morgan fingerprint density at radius 1 is 0.569 bits per heavy atom. The first-order valence-electron chi connectivity index (χ1n) is 21.2. The molecule has 0 aliphatic carbocycles. The van der Waals surface area contributed by atoms with Crippen LogP contribution in [0.2, 0.25) is 0 Å². The highest BCUT2D eigenvalue weighted by Gasteiger charge is 2.21. The topological polar surface area (TPSA) is 139 Å².